The molecule has 2 rings (SSSR count). The van der Waals surface area contributed by atoms with E-state index in [1.807, 2.05) is 29.8 Å². The lowest BCUT2D eigenvalue weighted by molar-refractivity contribution is 1.10. The monoisotopic (exact) mass is 224 g/mol. The molecule has 2 nitrogen and oxygen atoms in total. The fraction of sp³-hybridized carbons (Fsp3) is 0.100. The van der Waals surface area contributed by atoms with Crippen molar-refractivity contribution in [3.63, 3.8) is 0 Å². The van der Waals surface area contributed by atoms with Crippen LogP contribution >= 0.6 is 22.9 Å². The second-order valence-electron chi connectivity index (χ2n) is 2.84. The zero-order chi connectivity index (χ0) is 9.97. The minimum Gasteiger partial charge on any atom is -0.326 e. The van der Waals surface area contributed by atoms with Gasteiger partial charge in [-0.2, -0.15) is 0 Å². The van der Waals surface area contributed by atoms with E-state index in [4.69, 9.17) is 17.3 Å². The van der Waals surface area contributed by atoms with Crippen LogP contribution in [0.4, 0.5) is 0 Å². The van der Waals surface area contributed by atoms with Crippen molar-refractivity contribution in [1.82, 2.24) is 4.98 Å². The molecule has 0 atom stereocenters. The summed E-state index contributed by atoms with van der Waals surface area (Å²) >= 11 is 7.38. The molecule has 0 unspecified atom stereocenters. The Morgan fingerprint density at radius 1 is 1.29 bits per heavy atom. The highest BCUT2D eigenvalue weighted by atomic mass is 35.5. The Hall–Kier alpha value is -0.900. The van der Waals surface area contributed by atoms with Crippen molar-refractivity contribution in [2.75, 3.05) is 0 Å². The second-order valence-corrected chi connectivity index (χ2v) is 4.21. The molecule has 0 saturated heterocycles. The average molecular weight is 225 g/mol. The van der Waals surface area contributed by atoms with E-state index in [9.17, 15) is 0 Å². The van der Waals surface area contributed by atoms with Crippen LogP contribution in [-0.2, 0) is 6.54 Å². The minimum absolute atomic E-state index is 0.530. The molecule has 0 spiro atoms. The molecule has 14 heavy (non-hydrogen) atoms. The summed E-state index contributed by atoms with van der Waals surface area (Å²) in [4.78, 5) is 5.39. The van der Waals surface area contributed by atoms with Gasteiger partial charge in [0.2, 0.25) is 0 Å². The number of hydrogen-bond acceptors (Lipinski definition) is 3. The normalized spacial score (nSPS) is 10.4. The predicted molar refractivity (Wildman–Crippen MR) is 60.5 cm³/mol. The van der Waals surface area contributed by atoms with Crippen LogP contribution in [-0.4, -0.2) is 4.98 Å². The summed E-state index contributed by atoms with van der Waals surface area (Å²) in [6, 6.07) is 7.63. The van der Waals surface area contributed by atoms with Crippen LogP contribution in [0.25, 0.3) is 11.3 Å². The van der Waals surface area contributed by atoms with Gasteiger partial charge in [-0.3, -0.25) is 0 Å². The number of rotatable bonds is 2. The van der Waals surface area contributed by atoms with Gasteiger partial charge in [-0.05, 0) is 12.1 Å². The third-order valence-electron chi connectivity index (χ3n) is 1.94. The fourth-order valence-corrected chi connectivity index (χ4v) is 2.05. The molecule has 0 amide bonds. The van der Waals surface area contributed by atoms with Gasteiger partial charge in [0.15, 0.2) is 0 Å². The SMILES string of the molecule is NCc1scnc1-c1ccc(Cl)cc1. The van der Waals surface area contributed by atoms with Gasteiger partial charge in [-0.1, -0.05) is 23.7 Å². The summed E-state index contributed by atoms with van der Waals surface area (Å²) in [5, 5.41) is 0.735. The number of nitrogens with two attached hydrogens (primary N) is 1. The van der Waals surface area contributed by atoms with Crippen LogP contribution in [0.15, 0.2) is 29.8 Å². The Bertz CT molecular complexity index is 422. The Balaban J connectivity index is 2.44. The first kappa shape index (κ1) is 9.65. The van der Waals surface area contributed by atoms with Gasteiger partial charge in [0.05, 0.1) is 11.2 Å². The van der Waals surface area contributed by atoms with E-state index in [-0.39, 0.29) is 0 Å². The van der Waals surface area contributed by atoms with E-state index in [2.05, 4.69) is 4.98 Å². The molecule has 0 aliphatic carbocycles. The zero-order valence-corrected chi connectivity index (χ0v) is 8.98. The van der Waals surface area contributed by atoms with E-state index in [0.717, 1.165) is 21.2 Å². The molecular formula is C10H9ClN2S. The van der Waals surface area contributed by atoms with Crippen LogP contribution in [0.3, 0.4) is 0 Å². The van der Waals surface area contributed by atoms with Gasteiger partial charge in [0, 0.05) is 22.0 Å². The molecule has 0 radical (unpaired) electrons. The predicted octanol–water partition coefficient (Wildman–Crippen LogP) is 2.92. The van der Waals surface area contributed by atoms with Crippen molar-refractivity contribution in [3.05, 3.63) is 39.7 Å². The lowest BCUT2D eigenvalue weighted by atomic mass is 10.1. The molecule has 0 aliphatic rings. The summed E-state index contributed by atoms with van der Waals surface area (Å²) in [6.45, 7) is 0.530. The minimum atomic E-state index is 0.530. The molecule has 1 heterocycles. The Labute approximate surface area is 91.4 Å². The molecule has 1 aromatic heterocycles. The van der Waals surface area contributed by atoms with Crippen LogP contribution in [0.1, 0.15) is 4.88 Å². The van der Waals surface area contributed by atoms with E-state index in [1.165, 1.54) is 0 Å². The van der Waals surface area contributed by atoms with Crippen molar-refractivity contribution in [2.24, 2.45) is 5.73 Å². The molecule has 2 aromatic rings. The maximum atomic E-state index is 5.80. The quantitative estimate of drug-likeness (QED) is 0.852. The van der Waals surface area contributed by atoms with E-state index in [1.54, 1.807) is 11.3 Å². The fourth-order valence-electron chi connectivity index (χ4n) is 1.26. The smallest absolute Gasteiger partial charge is 0.0856 e. The number of halogens is 1. The molecule has 0 saturated carbocycles. The van der Waals surface area contributed by atoms with Gasteiger partial charge < -0.3 is 5.73 Å². The lowest BCUT2D eigenvalue weighted by Crippen LogP contribution is -1.95. The van der Waals surface area contributed by atoms with Crippen molar-refractivity contribution in [3.8, 4) is 11.3 Å². The number of benzene rings is 1. The summed E-state index contributed by atoms with van der Waals surface area (Å²) in [7, 11) is 0. The second kappa shape index (κ2) is 4.09. The van der Waals surface area contributed by atoms with E-state index >= 15 is 0 Å². The summed E-state index contributed by atoms with van der Waals surface area (Å²) in [5.74, 6) is 0. The molecule has 1 aromatic carbocycles. The highest BCUT2D eigenvalue weighted by Crippen LogP contribution is 2.25. The van der Waals surface area contributed by atoms with Gasteiger partial charge >= 0.3 is 0 Å². The van der Waals surface area contributed by atoms with Crippen molar-refractivity contribution in [2.45, 2.75) is 6.54 Å². The Morgan fingerprint density at radius 3 is 2.64 bits per heavy atom. The number of thiazole rings is 1. The van der Waals surface area contributed by atoms with Crippen LogP contribution in [0, 0.1) is 0 Å². The van der Waals surface area contributed by atoms with Gasteiger partial charge in [-0.25, -0.2) is 4.98 Å². The first-order chi connectivity index (χ1) is 6.81. The van der Waals surface area contributed by atoms with Crippen LogP contribution in [0.5, 0.6) is 0 Å². The summed E-state index contributed by atoms with van der Waals surface area (Å²) < 4.78 is 0. The highest BCUT2D eigenvalue weighted by molar-refractivity contribution is 7.10. The summed E-state index contributed by atoms with van der Waals surface area (Å²) in [6.07, 6.45) is 0. The lowest BCUT2D eigenvalue weighted by Gasteiger charge is -1.99. The first-order valence-corrected chi connectivity index (χ1v) is 5.45. The maximum Gasteiger partial charge on any atom is 0.0856 e. The maximum absolute atomic E-state index is 5.80. The average Bonchev–Trinajstić information content (AvgIpc) is 2.67. The van der Waals surface area contributed by atoms with Crippen molar-refractivity contribution >= 4 is 22.9 Å². The Kier molecular flexibility index (Phi) is 2.82. The van der Waals surface area contributed by atoms with Crippen LogP contribution in [0.2, 0.25) is 5.02 Å². The van der Waals surface area contributed by atoms with Crippen molar-refractivity contribution in [1.29, 1.82) is 0 Å². The molecule has 4 heteroatoms. The summed E-state index contributed by atoms with van der Waals surface area (Å²) in [5.41, 5.74) is 9.45. The zero-order valence-electron chi connectivity index (χ0n) is 7.40. The van der Waals surface area contributed by atoms with Gasteiger partial charge in [0.25, 0.3) is 0 Å². The third kappa shape index (κ3) is 1.80. The standard InChI is InChI=1S/C10H9ClN2S/c11-8-3-1-7(2-4-8)10-9(5-12)14-6-13-10/h1-4,6H,5,12H2. The topological polar surface area (TPSA) is 38.9 Å². The van der Waals surface area contributed by atoms with E-state index in [0.29, 0.717) is 6.54 Å². The first-order valence-electron chi connectivity index (χ1n) is 4.19. The van der Waals surface area contributed by atoms with E-state index < -0.39 is 0 Å². The highest BCUT2D eigenvalue weighted by Gasteiger charge is 2.06. The molecule has 0 fully saturated rings. The van der Waals surface area contributed by atoms with Gasteiger partial charge in [-0.15, -0.1) is 11.3 Å². The molecule has 72 valence electrons. The molecule has 0 aliphatic heterocycles. The molecule has 2 N–H and O–H groups in total. The van der Waals surface area contributed by atoms with Crippen LogP contribution < -0.4 is 5.73 Å². The Morgan fingerprint density at radius 2 is 2.00 bits per heavy atom. The number of nitrogens with zero attached hydrogens (tertiary/aromatic N) is 1. The van der Waals surface area contributed by atoms with Crippen molar-refractivity contribution < 1.29 is 0 Å². The third-order valence-corrected chi connectivity index (χ3v) is 3.05. The van der Waals surface area contributed by atoms with Gasteiger partial charge in [0.1, 0.15) is 0 Å². The molecular weight excluding hydrogens is 216 g/mol. The molecule has 0 bridgehead atoms. The number of hydrogen-bond donors (Lipinski definition) is 1. The number of aromatic nitrogens is 1. The largest absolute Gasteiger partial charge is 0.326 e.